The van der Waals surface area contributed by atoms with Crippen molar-refractivity contribution >= 4 is 32.4 Å². The lowest BCUT2D eigenvalue weighted by molar-refractivity contribution is -0.135. The first-order valence-corrected chi connectivity index (χ1v) is 13.8. The van der Waals surface area contributed by atoms with Gasteiger partial charge >= 0.3 is 0 Å². The number of sulfone groups is 1. The number of rotatable bonds is 5. The van der Waals surface area contributed by atoms with Crippen molar-refractivity contribution in [2.45, 2.75) is 62.5 Å². The van der Waals surface area contributed by atoms with Crippen LogP contribution in [0.5, 0.6) is 5.75 Å². The third kappa shape index (κ3) is 5.02. The molecule has 1 aromatic carbocycles. The molecule has 4 rings (SSSR count). The van der Waals surface area contributed by atoms with E-state index < -0.39 is 38.2 Å². The van der Waals surface area contributed by atoms with Crippen LogP contribution in [0.15, 0.2) is 17.0 Å². The second-order valence-corrected chi connectivity index (χ2v) is 12.5. The van der Waals surface area contributed by atoms with Crippen LogP contribution >= 0.6 is 11.5 Å². The van der Waals surface area contributed by atoms with Gasteiger partial charge in [0.1, 0.15) is 16.5 Å². The average molecular weight is 515 g/mol. The summed E-state index contributed by atoms with van der Waals surface area (Å²) in [7, 11) is -3.92. The number of aromatic nitrogens is 2. The highest BCUT2D eigenvalue weighted by molar-refractivity contribution is 7.90. The molecule has 34 heavy (non-hydrogen) atoms. The summed E-state index contributed by atoms with van der Waals surface area (Å²) in [6.07, 6.45) is 1.72. The number of hydrogen-bond acceptors (Lipinski definition) is 8. The molecule has 2 saturated heterocycles. The lowest BCUT2D eigenvalue weighted by Crippen LogP contribution is -2.47. The van der Waals surface area contributed by atoms with Gasteiger partial charge in [-0.05, 0) is 18.9 Å². The molecule has 8 nitrogen and oxygen atoms in total. The number of carbonyl (C=O) groups is 1. The van der Waals surface area contributed by atoms with Crippen molar-refractivity contribution in [2.24, 2.45) is 0 Å². The molecule has 0 spiro atoms. The van der Waals surface area contributed by atoms with E-state index in [-0.39, 0.29) is 17.4 Å². The number of hydrogen-bond donors (Lipinski definition) is 0. The van der Waals surface area contributed by atoms with Crippen molar-refractivity contribution in [3.8, 4) is 5.75 Å². The maximum absolute atomic E-state index is 14.4. The van der Waals surface area contributed by atoms with Crippen LogP contribution in [0.25, 0.3) is 0 Å². The molecule has 2 aromatic rings. The average Bonchev–Trinajstić information content (AvgIpc) is 3.38. The Morgan fingerprint density at radius 2 is 1.76 bits per heavy atom. The highest BCUT2D eigenvalue weighted by Gasteiger charge is 2.39. The molecule has 2 aliphatic rings. The van der Waals surface area contributed by atoms with Crippen LogP contribution in [0.1, 0.15) is 45.9 Å². The number of carbonyl (C=O) groups excluding carboxylic acids is 1. The molecule has 0 aliphatic carbocycles. The number of benzene rings is 1. The minimum atomic E-state index is -3.92. The Balaban J connectivity index is 1.37. The number of halogens is 2. The van der Waals surface area contributed by atoms with Gasteiger partial charge in [-0.2, -0.15) is 4.37 Å². The quantitative estimate of drug-likeness (QED) is 0.605. The van der Waals surface area contributed by atoms with E-state index in [0.29, 0.717) is 25.1 Å². The van der Waals surface area contributed by atoms with Gasteiger partial charge < -0.3 is 14.5 Å². The Kier molecular flexibility index (Phi) is 6.58. The molecule has 1 amide bonds. The first kappa shape index (κ1) is 24.8. The molecule has 12 heteroatoms. The van der Waals surface area contributed by atoms with E-state index >= 15 is 0 Å². The standard InChI is InChI=1S/C22H28F2N4O4S2/c1-22(2,3)20-25-21(33-26-20)27-8-5-13(6-9-27)28-10-7-16(19(28)29)32-17-11-15(24)18(12-14(17)23)34(4,30)31/h11-13,16H,5-10H2,1-4H3/t16-/m0/s1. The van der Waals surface area contributed by atoms with Gasteiger partial charge in [0.05, 0.1) is 0 Å². The minimum Gasteiger partial charge on any atom is -0.477 e. The molecule has 0 bridgehead atoms. The van der Waals surface area contributed by atoms with Gasteiger partial charge in [-0.3, -0.25) is 4.79 Å². The first-order chi connectivity index (χ1) is 15.8. The third-order valence-corrected chi connectivity index (χ3v) is 8.00. The number of piperidine rings is 1. The number of anilines is 1. The van der Waals surface area contributed by atoms with E-state index in [1.165, 1.54) is 11.5 Å². The molecule has 0 saturated carbocycles. The fourth-order valence-corrected chi connectivity index (χ4v) is 5.84. The Hall–Kier alpha value is -2.34. The molecule has 2 fully saturated rings. The maximum atomic E-state index is 14.4. The second kappa shape index (κ2) is 9.03. The number of nitrogens with zero attached hydrogens (tertiary/aromatic N) is 4. The Morgan fingerprint density at radius 1 is 1.09 bits per heavy atom. The third-order valence-electron chi connectivity index (χ3n) is 6.11. The van der Waals surface area contributed by atoms with E-state index in [1.54, 1.807) is 4.90 Å². The summed E-state index contributed by atoms with van der Waals surface area (Å²) < 4.78 is 61.6. The van der Waals surface area contributed by atoms with Crippen molar-refractivity contribution in [2.75, 3.05) is 30.8 Å². The fraction of sp³-hybridized carbons (Fsp3) is 0.591. The van der Waals surface area contributed by atoms with E-state index in [4.69, 9.17) is 4.74 Å². The largest absolute Gasteiger partial charge is 0.477 e. The van der Waals surface area contributed by atoms with Crippen LogP contribution in [0.4, 0.5) is 13.9 Å². The van der Waals surface area contributed by atoms with E-state index in [2.05, 4.69) is 35.0 Å². The smallest absolute Gasteiger partial charge is 0.263 e. The van der Waals surface area contributed by atoms with Crippen LogP contribution < -0.4 is 9.64 Å². The zero-order chi connectivity index (χ0) is 24.8. The summed E-state index contributed by atoms with van der Waals surface area (Å²) in [6, 6.07) is 1.31. The fourth-order valence-electron chi connectivity index (χ4n) is 4.20. The molecular weight excluding hydrogens is 486 g/mol. The predicted octanol–water partition coefficient (Wildman–Crippen LogP) is 3.17. The summed E-state index contributed by atoms with van der Waals surface area (Å²) in [5.41, 5.74) is -0.114. The lowest BCUT2D eigenvalue weighted by atomic mass is 9.96. The molecule has 0 N–H and O–H groups in total. The van der Waals surface area contributed by atoms with Crippen LogP contribution in [0.3, 0.4) is 0 Å². The van der Waals surface area contributed by atoms with Gasteiger partial charge in [-0.1, -0.05) is 20.8 Å². The predicted molar refractivity (Wildman–Crippen MR) is 124 cm³/mol. The SMILES string of the molecule is CC(C)(C)c1nsc(N2CCC(N3CC[C@H](Oc4cc(F)c(S(C)(=O)=O)cc4F)C3=O)CC2)n1. The Morgan fingerprint density at radius 3 is 2.35 bits per heavy atom. The van der Waals surface area contributed by atoms with Gasteiger partial charge in [-0.15, -0.1) is 0 Å². The van der Waals surface area contributed by atoms with Crippen molar-refractivity contribution in [1.82, 2.24) is 14.3 Å². The summed E-state index contributed by atoms with van der Waals surface area (Å²) in [5, 5.41) is 0.882. The normalized spacial score (nSPS) is 20.3. The van der Waals surface area contributed by atoms with Crippen molar-refractivity contribution in [3.63, 3.8) is 0 Å². The van der Waals surface area contributed by atoms with E-state index in [9.17, 15) is 22.0 Å². The van der Waals surface area contributed by atoms with Gasteiger partial charge in [0, 0.05) is 61.4 Å². The number of amides is 1. The van der Waals surface area contributed by atoms with Crippen molar-refractivity contribution in [1.29, 1.82) is 0 Å². The van der Waals surface area contributed by atoms with Gasteiger partial charge in [0.25, 0.3) is 5.91 Å². The molecular formula is C22H28F2N4O4S2. The topological polar surface area (TPSA) is 92.7 Å². The summed E-state index contributed by atoms with van der Waals surface area (Å²) in [4.78, 5) is 20.8. The van der Waals surface area contributed by atoms with Crippen LogP contribution in [0.2, 0.25) is 0 Å². The molecule has 0 unspecified atom stereocenters. The monoisotopic (exact) mass is 514 g/mol. The summed E-state index contributed by atoms with van der Waals surface area (Å²) in [6.45, 7) is 8.16. The highest BCUT2D eigenvalue weighted by Crippen LogP contribution is 2.31. The first-order valence-electron chi connectivity index (χ1n) is 11.1. The number of ether oxygens (including phenoxy) is 1. The van der Waals surface area contributed by atoms with Crippen molar-refractivity contribution in [3.05, 3.63) is 29.6 Å². The minimum absolute atomic E-state index is 0.0292. The number of likely N-dealkylation sites (tertiary alicyclic amines) is 1. The van der Waals surface area contributed by atoms with Crippen LogP contribution in [-0.4, -0.2) is 66.6 Å². The molecule has 3 heterocycles. The van der Waals surface area contributed by atoms with E-state index in [1.807, 2.05) is 0 Å². The molecule has 1 atom stereocenters. The lowest BCUT2D eigenvalue weighted by Gasteiger charge is -2.36. The van der Waals surface area contributed by atoms with Crippen LogP contribution in [-0.2, 0) is 20.0 Å². The highest BCUT2D eigenvalue weighted by atomic mass is 32.2. The molecule has 0 radical (unpaired) electrons. The van der Waals surface area contributed by atoms with Crippen LogP contribution in [0, 0.1) is 11.6 Å². The maximum Gasteiger partial charge on any atom is 0.263 e. The Labute approximate surface area is 202 Å². The van der Waals surface area contributed by atoms with Crippen molar-refractivity contribution < 1.29 is 26.7 Å². The zero-order valence-corrected chi connectivity index (χ0v) is 21.2. The van der Waals surface area contributed by atoms with E-state index in [0.717, 1.165) is 43.1 Å². The Bertz CT molecular complexity index is 1190. The molecule has 186 valence electrons. The van der Waals surface area contributed by atoms with Gasteiger partial charge in [0.15, 0.2) is 27.5 Å². The zero-order valence-electron chi connectivity index (χ0n) is 19.5. The second-order valence-electron chi connectivity index (χ2n) is 9.78. The molecule has 1 aromatic heterocycles. The van der Waals surface area contributed by atoms with Gasteiger partial charge in [-0.25, -0.2) is 22.2 Å². The van der Waals surface area contributed by atoms with Gasteiger partial charge in [0.2, 0.25) is 5.13 Å². The molecule has 2 aliphatic heterocycles. The summed E-state index contributed by atoms with van der Waals surface area (Å²) >= 11 is 1.38. The summed E-state index contributed by atoms with van der Waals surface area (Å²) in [5.74, 6) is -2.05.